The summed E-state index contributed by atoms with van der Waals surface area (Å²) in [5.74, 6) is 1.82. The minimum absolute atomic E-state index is 0.110. The van der Waals surface area contributed by atoms with Gasteiger partial charge in [0, 0.05) is 32.7 Å². The molecule has 154 valence electrons. The number of fused-ring (bicyclic) bond motifs is 3. The monoisotopic (exact) mass is 410 g/mol. The van der Waals surface area contributed by atoms with Gasteiger partial charge in [-0.05, 0) is 30.9 Å². The smallest absolute Gasteiger partial charge is 0.179 e. The van der Waals surface area contributed by atoms with E-state index in [1.165, 1.54) is 0 Å². The first-order chi connectivity index (χ1) is 13.9. The van der Waals surface area contributed by atoms with Gasteiger partial charge in [0.1, 0.15) is 12.6 Å². The minimum Gasteiger partial charge on any atom is -0.361 e. The van der Waals surface area contributed by atoms with Crippen molar-refractivity contribution < 1.29 is 4.74 Å². The molecule has 0 radical (unpaired) electrons. The van der Waals surface area contributed by atoms with Gasteiger partial charge in [-0.25, -0.2) is 4.98 Å². The molecule has 1 fully saturated rings. The standard InChI is InChI=1S/C21H30N6OSi/c1-5-16-10-15(12-22)11-17(16)20-25-24-19-13-23-21-18(27(19)20)6-7-26(21)14-28-8-9-29(2,3)4/h6-7,13,15-17H,5,8-11,14H2,1-4H3/t15-,16-,17+/m1/s1. The molecule has 7 nitrogen and oxygen atoms in total. The van der Waals surface area contributed by atoms with E-state index in [1.54, 1.807) is 6.20 Å². The van der Waals surface area contributed by atoms with Gasteiger partial charge in [0.2, 0.25) is 0 Å². The second kappa shape index (κ2) is 7.88. The number of rotatable bonds is 7. The SMILES string of the molecule is CC[C@@H]1C[C@@H](C#N)C[C@@H]1c1nnc2cnc3c(ccn3COCC[Si](C)(C)C)n12. The van der Waals surface area contributed by atoms with E-state index >= 15 is 0 Å². The Bertz CT molecular complexity index is 1040. The van der Waals surface area contributed by atoms with Crippen LogP contribution in [0.25, 0.3) is 16.8 Å². The van der Waals surface area contributed by atoms with Gasteiger partial charge in [-0.3, -0.25) is 4.40 Å². The van der Waals surface area contributed by atoms with Crippen molar-refractivity contribution in [2.24, 2.45) is 11.8 Å². The molecule has 1 saturated carbocycles. The summed E-state index contributed by atoms with van der Waals surface area (Å²) in [6.07, 6.45) is 6.68. The average molecular weight is 411 g/mol. The fourth-order valence-corrected chi connectivity index (χ4v) is 5.17. The van der Waals surface area contributed by atoms with Crippen molar-refractivity contribution in [1.29, 1.82) is 5.26 Å². The Morgan fingerprint density at radius 2 is 2.10 bits per heavy atom. The van der Waals surface area contributed by atoms with E-state index in [0.29, 0.717) is 12.6 Å². The normalized spacial score (nSPS) is 22.5. The molecule has 1 aliphatic rings. The first kappa shape index (κ1) is 20.0. The number of hydrogen-bond acceptors (Lipinski definition) is 5. The maximum Gasteiger partial charge on any atom is 0.179 e. The molecule has 0 amide bonds. The summed E-state index contributed by atoms with van der Waals surface area (Å²) in [4.78, 5) is 4.62. The molecule has 0 aliphatic heterocycles. The van der Waals surface area contributed by atoms with Crippen LogP contribution in [0.5, 0.6) is 0 Å². The zero-order valence-electron chi connectivity index (χ0n) is 17.8. The molecule has 0 saturated heterocycles. The van der Waals surface area contributed by atoms with Crippen molar-refractivity contribution >= 4 is 24.9 Å². The highest BCUT2D eigenvalue weighted by Gasteiger charge is 2.37. The van der Waals surface area contributed by atoms with Crippen molar-refractivity contribution in [3.05, 3.63) is 24.3 Å². The van der Waals surface area contributed by atoms with Crippen LogP contribution in [0.15, 0.2) is 18.5 Å². The molecule has 0 N–H and O–H groups in total. The summed E-state index contributed by atoms with van der Waals surface area (Å²) in [5, 5.41) is 18.3. The van der Waals surface area contributed by atoms with Crippen LogP contribution in [0.2, 0.25) is 25.7 Å². The van der Waals surface area contributed by atoms with Gasteiger partial charge >= 0.3 is 0 Å². The van der Waals surface area contributed by atoms with Crippen LogP contribution in [0, 0.1) is 23.2 Å². The molecule has 0 spiro atoms. The van der Waals surface area contributed by atoms with Crippen LogP contribution in [0.4, 0.5) is 0 Å². The van der Waals surface area contributed by atoms with Gasteiger partial charge in [-0.1, -0.05) is 33.0 Å². The topological polar surface area (TPSA) is 81.0 Å². The van der Waals surface area contributed by atoms with Gasteiger partial charge in [0.15, 0.2) is 11.3 Å². The van der Waals surface area contributed by atoms with Crippen LogP contribution in [-0.4, -0.2) is 38.8 Å². The van der Waals surface area contributed by atoms with Gasteiger partial charge in [0.05, 0.1) is 17.8 Å². The quantitative estimate of drug-likeness (QED) is 0.425. The van der Waals surface area contributed by atoms with Crippen LogP contribution in [-0.2, 0) is 11.5 Å². The van der Waals surface area contributed by atoms with Crippen molar-refractivity contribution in [2.75, 3.05) is 6.61 Å². The Balaban J connectivity index is 1.64. The first-order valence-corrected chi connectivity index (χ1v) is 14.3. The van der Waals surface area contributed by atoms with E-state index in [2.05, 4.69) is 58.3 Å². The van der Waals surface area contributed by atoms with E-state index < -0.39 is 8.07 Å². The van der Waals surface area contributed by atoms with E-state index in [4.69, 9.17) is 4.74 Å². The largest absolute Gasteiger partial charge is 0.361 e. The summed E-state index contributed by atoms with van der Waals surface area (Å²) in [6.45, 7) is 10.6. The number of nitriles is 1. The number of aromatic nitrogens is 5. The lowest BCUT2D eigenvalue weighted by molar-refractivity contribution is 0.0899. The zero-order valence-corrected chi connectivity index (χ0v) is 18.8. The lowest BCUT2D eigenvalue weighted by Gasteiger charge is -2.16. The number of ether oxygens (including phenoxy) is 1. The van der Waals surface area contributed by atoms with E-state index in [-0.39, 0.29) is 11.8 Å². The van der Waals surface area contributed by atoms with Crippen molar-refractivity contribution in [3.63, 3.8) is 0 Å². The average Bonchev–Trinajstić information content (AvgIpc) is 3.39. The molecule has 0 unspecified atom stereocenters. The van der Waals surface area contributed by atoms with Crippen LogP contribution >= 0.6 is 0 Å². The molecule has 3 heterocycles. The predicted octanol–water partition coefficient (Wildman–Crippen LogP) is 4.43. The van der Waals surface area contributed by atoms with Gasteiger partial charge in [0.25, 0.3) is 0 Å². The molecule has 29 heavy (non-hydrogen) atoms. The van der Waals surface area contributed by atoms with Gasteiger partial charge < -0.3 is 9.30 Å². The van der Waals surface area contributed by atoms with Gasteiger partial charge in [-0.15, -0.1) is 10.2 Å². The molecular formula is C21H30N6OSi. The highest BCUT2D eigenvalue weighted by atomic mass is 28.3. The Morgan fingerprint density at radius 1 is 1.28 bits per heavy atom. The van der Waals surface area contributed by atoms with Crippen LogP contribution in [0.3, 0.4) is 0 Å². The lowest BCUT2D eigenvalue weighted by atomic mass is 9.93. The molecular weight excluding hydrogens is 380 g/mol. The zero-order chi connectivity index (χ0) is 20.6. The molecule has 3 aromatic rings. The maximum absolute atomic E-state index is 9.42. The summed E-state index contributed by atoms with van der Waals surface area (Å²) in [7, 11) is -1.10. The predicted molar refractivity (Wildman–Crippen MR) is 115 cm³/mol. The van der Waals surface area contributed by atoms with Crippen molar-refractivity contribution in [2.45, 2.75) is 64.5 Å². The van der Waals surface area contributed by atoms with Crippen molar-refractivity contribution in [1.82, 2.24) is 24.1 Å². The highest BCUT2D eigenvalue weighted by Crippen LogP contribution is 2.44. The third-order valence-electron chi connectivity index (χ3n) is 6.13. The second-order valence-corrected chi connectivity index (χ2v) is 15.0. The molecule has 8 heteroatoms. The Labute approximate surface area is 172 Å². The third kappa shape index (κ3) is 3.94. The fourth-order valence-electron chi connectivity index (χ4n) is 4.41. The Morgan fingerprint density at radius 3 is 2.83 bits per heavy atom. The van der Waals surface area contributed by atoms with Gasteiger partial charge in [-0.2, -0.15) is 5.26 Å². The molecule has 3 atom stereocenters. The lowest BCUT2D eigenvalue weighted by Crippen LogP contribution is -2.22. The van der Waals surface area contributed by atoms with E-state index in [1.807, 2.05) is 10.8 Å². The fraction of sp³-hybridized carbons (Fsp3) is 0.619. The Kier molecular flexibility index (Phi) is 5.45. The van der Waals surface area contributed by atoms with E-state index in [0.717, 1.165) is 54.5 Å². The summed E-state index contributed by atoms with van der Waals surface area (Å²) in [5.41, 5.74) is 2.65. The third-order valence-corrected chi connectivity index (χ3v) is 7.83. The highest BCUT2D eigenvalue weighted by molar-refractivity contribution is 6.76. The summed E-state index contributed by atoms with van der Waals surface area (Å²) < 4.78 is 10.1. The number of hydrogen-bond donors (Lipinski definition) is 0. The molecule has 0 bridgehead atoms. The van der Waals surface area contributed by atoms with E-state index in [9.17, 15) is 5.26 Å². The second-order valence-electron chi connectivity index (χ2n) is 9.42. The molecule has 0 aromatic carbocycles. The first-order valence-electron chi connectivity index (χ1n) is 10.6. The molecule has 3 aromatic heterocycles. The number of nitrogens with zero attached hydrogens (tertiary/aromatic N) is 6. The maximum atomic E-state index is 9.42. The molecule has 1 aliphatic carbocycles. The Hall–Kier alpha value is -2.24. The summed E-state index contributed by atoms with van der Waals surface area (Å²) >= 11 is 0. The summed E-state index contributed by atoms with van der Waals surface area (Å²) in [6, 6.07) is 5.68. The van der Waals surface area contributed by atoms with Crippen LogP contribution < -0.4 is 0 Å². The molecule has 4 rings (SSSR count). The van der Waals surface area contributed by atoms with Crippen LogP contribution in [0.1, 0.15) is 37.9 Å². The van der Waals surface area contributed by atoms with Crippen molar-refractivity contribution in [3.8, 4) is 6.07 Å². The minimum atomic E-state index is -1.10.